The molecule has 5 rings (SSSR count). The number of rotatable bonds is 7. The van der Waals surface area contributed by atoms with Gasteiger partial charge in [0.2, 0.25) is 11.8 Å². The number of nitrogens with one attached hydrogen (secondary N) is 1. The van der Waals surface area contributed by atoms with Crippen molar-refractivity contribution in [2.45, 2.75) is 9.79 Å². The number of nitrogens with two attached hydrogens (primary N) is 1. The molecule has 14 heteroatoms. The van der Waals surface area contributed by atoms with Crippen molar-refractivity contribution >= 4 is 42.7 Å². The van der Waals surface area contributed by atoms with E-state index in [0.29, 0.717) is 22.7 Å². The lowest BCUT2D eigenvalue weighted by molar-refractivity contribution is 0.400. The van der Waals surface area contributed by atoms with E-state index in [2.05, 4.69) is 14.7 Å². The smallest absolute Gasteiger partial charge is 0.271 e. The van der Waals surface area contributed by atoms with Crippen molar-refractivity contribution in [1.82, 2.24) is 13.9 Å². The standard InChI is InChI=1S/C25H19F2N5O5S2/c1-37-24-21(31-38(33,34)23-10-8-17(26)13-19(23)27)11-16(14-29-24)15-7-9-20-22(12-15)32(25(28)30-20)39(35,36)18-5-3-2-4-6-18/h2-14,31H,1H3,(H2,28,30). The highest BCUT2D eigenvalue weighted by molar-refractivity contribution is 7.92. The Bertz CT molecular complexity index is 1950. The molecule has 0 saturated carbocycles. The zero-order valence-corrected chi connectivity index (χ0v) is 21.7. The summed E-state index contributed by atoms with van der Waals surface area (Å²) in [7, 11) is -7.33. The van der Waals surface area contributed by atoms with Crippen LogP contribution in [-0.4, -0.2) is 37.9 Å². The van der Waals surface area contributed by atoms with Crippen LogP contribution < -0.4 is 15.2 Å². The maximum atomic E-state index is 14.2. The van der Waals surface area contributed by atoms with Crippen LogP contribution in [0.15, 0.2) is 88.8 Å². The lowest BCUT2D eigenvalue weighted by Crippen LogP contribution is -2.16. The molecule has 0 aliphatic carbocycles. The third kappa shape index (κ3) is 4.75. The molecule has 0 aliphatic heterocycles. The largest absolute Gasteiger partial charge is 0.480 e. The number of imidazole rings is 1. The molecule has 0 aliphatic rings. The Hall–Kier alpha value is -4.56. The average Bonchev–Trinajstić information content (AvgIpc) is 3.24. The van der Waals surface area contributed by atoms with Crippen LogP contribution in [0.1, 0.15) is 0 Å². The van der Waals surface area contributed by atoms with Crippen molar-refractivity contribution in [3.63, 3.8) is 0 Å². The average molecular weight is 572 g/mol. The fraction of sp³-hybridized carbons (Fsp3) is 0.0400. The van der Waals surface area contributed by atoms with Gasteiger partial charge in [0.1, 0.15) is 22.2 Å². The van der Waals surface area contributed by atoms with E-state index in [1.54, 1.807) is 30.3 Å². The Balaban J connectivity index is 1.60. The molecule has 2 aromatic heterocycles. The van der Waals surface area contributed by atoms with E-state index in [1.807, 2.05) is 0 Å². The van der Waals surface area contributed by atoms with Gasteiger partial charge >= 0.3 is 0 Å². The lowest BCUT2D eigenvalue weighted by atomic mass is 10.1. The van der Waals surface area contributed by atoms with Crippen molar-refractivity contribution in [2.75, 3.05) is 17.6 Å². The first kappa shape index (κ1) is 26.1. The molecule has 0 radical (unpaired) electrons. The number of anilines is 2. The van der Waals surface area contributed by atoms with Crippen LogP contribution in [0.25, 0.3) is 22.2 Å². The second-order valence-corrected chi connectivity index (χ2v) is 11.7. The van der Waals surface area contributed by atoms with Crippen LogP contribution in [0, 0.1) is 11.6 Å². The number of ether oxygens (including phenoxy) is 1. The summed E-state index contributed by atoms with van der Waals surface area (Å²) in [5, 5.41) is 0. The van der Waals surface area contributed by atoms with Gasteiger partial charge < -0.3 is 10.5 Å². The summed E-state index contributed by atoms with van der Waals surface area (Å²) >= 11 is 0. The molecule has 5 aromatic rings. The zero-order valence-electron chi connectivity index (χ0n) is 20.0. The zero-order chi connectivity index (χ0) is 27.9. The molecule has 0 unspecified atom stereocenters. The maximum Gasteiger partial charge on any atom is 0.271 e. The molecule has 0 bridgehead atoms. The molecule has 10 nitrogen and oxygen atoms in total. The molecule has 200 valence electrons. The van der Waals surface area contributed by atoms with Crippen molar-refractivity contribution in [3.05, 3.63) is 90.6 Å². The normalized spacial score (nSPS) is 12.0. The molecule has 0 fully saturated rings. The Morgan fingerprint density at radius 1 is 0.923 bits per heavy atom. The molecule has 0 saturated heterocycles. The molecule has 0 amide bonds. The predicted molar refractivity (Wildman–Crippen MR) is 140 cm³/mol. The van der Waals surface area contributed by atoms with Gasteiger partial charge in [0.15, 0.2) is 0 Å². The van der Waals surface area contributed by atoms with Crippen LogP contribution in [0.2, 0.25) is 0 Å². The van der Waals surface area contributed by atoms with Gasteiger partial charge in [-0.1, -0.05) is 24.3 Å². The molecule has 3 N–H and O–H groups in total. The number of nitrogen functional groups attached to an aromatic ring is 1. The lowest BCUT2D eigenvalue weighted by Gasteiger charge is -2.13. The number of sulfonamides is 1. The third-order valence-electron chi connectivity index (χ3n) is 5.72. The Morgan fingerprint density at radius 2 is 1.67 bits per heavy atom. The van der Waals surface area contributed by atoms with E-state index in [-0.39, 0.29) is 27.9 Å². The number of hydrogen-bond acceptors (Lipinski definition) is 8. The maximum absolute atomic E-state index is 14.2. The summed E-state index contributed by atoms with van der Waals surface area (Å²) in [4.78, 5) is 7.51. The highest BCUT2D eigenvalue weighted by Gasteiger charge is 2.25. The highest BCUT2D eigenvalue weighted by atomic mass is 32.2. The minimum Gasteiger partial charge on any atom is -0.480 e. The Kier molecular flexibility index (Phi) is 6.44. The molecule has 39 heavy (non-hydrogen) atoms. The van der Waals surface area contributed by atoms with Crippen LogP contribution in [0.5, 0.6) is 5.88 Å². The van der Waals surface area contributed by atoms with Crippen LogP contribution in [0.3, 0.4) is 0 Å². The van der Waals surface area contributed by atoms with Gasteiger partial charge in [-0.3, -0.25) is 4.72 Å². The summed E-state index contributed by atoms with van der Waals surface area (Å²) in [5.74, 6) is -2.57. The van der Waals surface area contributed by atoms with Crippen LogP contribution >= 0.6 is 0 Å². The molecule has 0 atom stereocenters. The molecular formula is C25H19F2N5O5S2. The minimum atomic E-state index is -4.50. The predicted octanol–water partition coefficient (Wildman–Crippen LogP) is 4.01. The van der Waals surface area contributed by atoms with Crippen molar-refractivity contribution in [3.8, 4) is 17.0 Å². The van der Waals surface area contributed by atoms with Gasteiger partial charge in [0, 0.05) is 17.8 Å². The summed E-state index contributed by atoms with van der Waals surface area (Å²) in [6.07, 6.45) is 1.38. The van der Waals surface area contributed by atoms with Gasteiger partial charge in [0.25, 0.3) is 20.0 Å². The van der Waals surface area contributed by atoms with E-state index in [0.717, 1.165) is 16.1 Å². The van der Waals surface area contributed by atoms with E-state index >= 15 is 0 Å². The number of halogens is 2. The first-order valence-corrected chi connectivity index (χ1v) is 14.0. The Labute approximate surface area is 221 Å². The first-order valence-electron chi connectivity index (χ1n) is 11.1. The van der Waals surface area contributed by atoms with Crippen molar-refractivity contribution in [2.24, 2.45) is 0 Å². The van der Waals surface area contributed by atoms with Gasteiger partial charge in [-0.25, -0.2) is 39.6 Å². The second-order valence-electron chi connectivity index (χ2n) is 8.22. The quantitative estimate of drug-likeness (QED) is 0.298. The summed E-state index contributed by atoms with van der Waals surface area (Å²) in [5.41, 5.74) is 7.14. The second kappa shape index (κ2) is 9.63. The fourth-order valence-electron chi connectivity index (χ4n) is 3.94. The molecule has 2 heterocycles. The van der Waals surface area contributed by atoms with Crippen molar-refractivity contribution < 1.29 is 30.4 Å². The fourth-order valence-corrected chi connectivity index (χ4v) is 6.45. The van der Waals surface area contributed by atoms with E-state index in [4.69, 9.17) is 10.5 Å². The molecule has 3 aromatic carbocycles. The molecule has 0 spiro atoms. The number of nitrogens with zero attached hydrogens (tertiary/aromatic N) is 3. The Morgan fingerprint density at radius 3 is 2.36 bits per heavy atom. The first-order chi connectivity index (χ1) is 18.5. The summed E-state index contributed by atoms with van der Waals surface area (Å²) in [6.45, 7) is 0. The third-order valence-corrected chi connectivity index (χ3v) is 8.86. The number of aromatic nitrogens is 3. The summed E-state index contributed by atoms with van der Waals surface area (Å²) < 4.78 is 88.2. The number of pyridine rings is 1. The summed E-state index contributed by atoms with van der Waals surface area (Å²) in [6, 6.07) is 15.8. The topological polar surface area (TPSA) is 146 Å². The SMILES string of the molecule is COc1ncc(-c2ccc3nc(N)n(S(=O)(=O)c4ccccc4)c3c2)cc1NS(=O)(=O)c1ccc(F)cc1F. The van der Waals surface area contributed by atoms with E-state index < -0.39 is 36.6 Å². The van der Waals surface area contributed by atoms with Crippen LogP contribution in [-0.2, 0) is 20.0 Å². The monoisotopic (exact) mass is 571 g/mol. The minimum absolute atomic E-state index is 0.0113. The van der Waals surface area contributed by atoms with Gasteiger partial charge in [-0.2, -0.15) is 0 Å². The van der Waals surface area contributed by atoms with Crippen LogP contribution in [0.4, 0.5) is 20.4 Å². The number of methoxy groups -OCH3 is 1. The number of benzene rings is 3. The molecular weight excluding hydrogens is 552 g/mol. The van der Waals surface area contributed by atoms with E-state index in [1.165, 1.54) is 37.6 Å². The number of fused-ring (bicyclic) bond motifs is 1. The highest BCUT2D eigenvalue weighted by Crippen LogP contribution is 2.33. The van der Waals surface area contributed by atoms with Crippen molar-refractivity contribution in [1.29, 1.82) is 0 Å². The number of hydrogen-bond donors (Lipinski definition) is 2. The van der Waals surface area contributed by atoms with E-state index in [9.17, 15) is 25.6 Å². The van der Waals surface area contributed by atoms with Gasteiger partial charge in [0.05, 0.1) is 23.0 Å². The van der Waals surface area contributed by atoms with Gasteiger partial charge in [-0.05, 0) is 48.0 Å². The van der Waals surface area contributed by atoms with Gasteiger partial charge in [-0.15, -0.1) is 0 Å².